The molecule has 6 nitrogen and oxygen atoms in total. The Kier molecular flexibility index (Phi) is 3.87. The number of hydrogen-bond donors (Lipinski definition) is 3. The average Bonchev–Trinajstić information content (AvgIpc) is 2.65. The standard InChI is InChI=1S/C12H12Cl2N4O2/c1-6-2-4-7(5-3-6)8(19)17-12(9(13)14)10(20)16-11(15)18-12/h2-5,9H,1H3,(H,17,19)(H3,15,16,18,20). The third-order valence-electron chi connectivity index (χ3n) is 2.82. The number of hydrogen-bond acceptors (Lipinski definition) is 4. The van der Waals surface area contributed by atoms with Crippen molar-refractivity contribution in [3.63, 3.8) is 0 Å². The summed E-state index contributed by atoms with van der Waals surface area (Å²) in [6.07, 6.45) is 0. The first-order valence-corrected chi connectivity index (χ1v) is 6.56. The summed E-state index contributed by atoms with van der Waals surface area (Å²) in [5, 5.41) is 4.69. The number of carbonyl (C=O) groups excluding carboxylic acids is 2. The topological polar surface area (TPSA) is 96.6 Å². The third-order valence-corrected chi connectivity index (χ3v) is 3.45. The minimum Gasteiger partial charge on any atom is -0.370 e. The number of benzene rings is 1. The van der Waals surface area contributed by atoms with Crippen LogP contribution in [0.1, 0.15) is 15.9 Å². The summed E-state index contributed by atoms with van der Waals surface area (Å²) in [7, 11) is 0. The normalized spacial score (nSPS) is 21.6. The van der Waals surface area contributed by atoms with Gasteiger partial charge in [0.1, 0.15) is 0 Å². The van der Waals surface area contributed by atoms with Crippen molar-refractivity contribution < 1.29 is 9.59 Å². The molecule has 0 fully saturated rings. The lowest BCUT2D eigenvalue weighted by Gasteiger charge is -2.25. The predicted octanol–water partition coefficient (Wildman–Crippen LogP) is 0.669. The fourth-order valence-electron chi connectivity index (χ4n) is 1.72. The van der Waals surface area contributed by atoms with Gasteiger partial charge in [-0.2, -0.15) is 0 Å². The van der Waals surface area contributed by atoms with Gasteiger partial charge in [0.15, 0.2) is 10.8 Å². The molecule has 1 aliphatic rings. The Morgan fingerprint density at radius 2 is 2.00 bits per heavy atom. The minimum absolute atomic E-state index is 0.148. The van der Waals surface area contributed by atoms with E-state index in [1.54, 1.807) is 24.3 Å². The van der Waals surface area contributed by atoms with Crippen molar-refractivity contribution in [2.24, 2.45) is 10.7 Å². The molecule has 0 aromatic heterocycles. The molecule has 1 unspecified atom stereocenters. The number of aliphatic imine (C=N–C) groups is 1. The average molecular weight is 315 g/mol. The zero-order chi connectivity index (χ0) is 14.9. The van der Waals surface area contributed by atoms with Crippen LogP contribution in [-0.4, -0.2) is 28.3 Å². The van der Waals surface area contributed by atoms with Gasteiger partial charge >= 0.3 is 0 Å². The van der Waals surface area contributed by atoms with E-state index in [-0.39, 0.29) is 5.96 Å². The molecule has 0 spiro atoms. The second-order valence-electron chi connectivity index (χ2n) is 4.34. The predicted molar refractivity (Wildman–Crippen MR) is 76.6 cm³/mol. The number of rotatable bonds is 3. The number of nitrogens with zero attached hydrogens (tertiary/aromatic N) is 1. The number of guanidine groups is 1. The van der Waals surface area contributed by atoms with E-state index in [1.165, 1.54) is 0 Å². The third kappa shape index (κ3) is 2.57. The molecule has 1 atom stereocenters. The van der Waals surface area contributed by atoms with E-state index in [4.69, 9.17) is 28.9 Å². The summed E-state index contributed by atoms with van der Waals surface area (Å²) in [5.74, 6) is -1.35. The van der Waals surface area contributed by atoms with Gasteiger partial charge in [-0.05, 0) is 19.1 Å². The van der Waals surface area contributed by atoms with Gasteiger partial charge in [0, 0.05) is 5.56 Å². The van der Waals surface area contributed by atoms with Crippen LogP contribution in [0.2, 0.25) is 0 Å². The molecule has 1 heterocycles. The van der Waals surface area contributed by atoms with Crippen molar-refractivity contribution in [1.29, 1.82) is 0 Å². The van der Waals surface area contributed by atoms with Gasteiger partial charge < -0.3 is 11.1 Å². The number of amides is 2. The van der Waals surface area contributed by atoms with Gasteiger partial charge in [-0.1, -0.05) is 40.9 Å². The fraction of sp³-hybridized carbons (Fsp3) is 0.250. The van der Waals surface area contributed by atoms with Crippen LogP contribution in [0.25, 0.3) is 0 Å². The monoisotopic (exact) mass is 314 g/mol. The Morgan fingerprint density at radius 3 is 2.45 bits per heavy atom. The fourth-order valence-corrected chi connectivity index (χ4v) is 2.12. The number of nitrogens with two attached hydrogens (primary N) is 1. The number of nitrogens with one attached hydrogen (secondary N) is 2. The highest BCUT2D eigenvalue weighted by atomic mass is 35.5. The molecule has 0 radical (unpaired) electrons. The number of carbonyl (C=O) groups is 2. The maximum Gasteiger partial charge on any atom is 0.278 e. The lowest BCUT2D eigenvalue weighted by Crippen LogP contribution is -2.58. The lowest BCUT2D eigenvalue weighted by molar-refractivity contribution is -0.124. The van der Waals surface area contributed by atoms with Crippen molar-refractivity contribution in [1.82, 2.24) is 10.6 Å². The molecule has 2 amide bonds. The van der Waals surface area contributed by atoms with Gasteiger partial charge in [-0.15, -0.1) is 0 Å². The van der Waals surface area contributed by atoms with Gasteiger partial charge in [0.05, 0.1) is 0 Å². The first-order chi connectivity index (χ1) is 9.35. The first kappa shape index (κ1) is 14.6. The lowest BCUT2D eigenvalue weighted by atomic mass is 10.1. The quantitative estimate of drug-likeness (QED) is 0.715. The highest BCUT2D eigenvalue weighted by Crippen LogP contribution is 2.26. The van der Waals surface area contributed by atoms with Gasteiger partial charge in [0.25, 0.3) is 11.8 Å². The maximum atomic E-state index is 12.2. The van der Waals surface area contributed by atoms with Crippen molar-refractivity contribution in [3.05, 3.63) is 35.4 Å². The van der Waals surface area contributed by atoms with Crippen LogP contribution >= 0.6 is 23.2 Å². The van der Waals surface area contributed by atoms with Crippen LogP contribution in [0.3, 0.4) is 0 Å². The summed E-state index contributed by atoms with van der Waals surface area (Å²) in [5.41, 5.74) is 4.97. The summed E-state index contributed by atoms with van der Waals surface area (Å²) in [6.45, 7) is 1.89. The molecule has 0 aliphatic carbocycles. The first-order valence-electron chi connectivity index (χ1n) is 5.69. The Hall–Kier alpha value is -1.79. The molecule has 20 heavy (non-hydrogen) atoms. The Morgan fingerprint density at radius 1 is 1.40 bits per heavy atom. The zero-order valence-corrected chi connectivity index (χ0v) is 12.0. The van der Waals surface area contributed by atoms with Crippen LogP contribution in [-0.2, 0) is 4.79 Å². The van der Waals surface area contributed by atoms with Gasteiger partial charge in [-0.3, -0.25) is 14.9 Å². The van der Waals surface area contributed by atoms with Crippen LogP contribution in [0, 0.1) is 6.92 Å². The molecule has 0 saturated heterocycles. The van der Waals surface area contributed by atoms with Crippen molar-refractivity contribution in [2.45, 2.75) is 17.4 Å². The maximum absolute atomic E-state index is 12.2. The van der Waals surface area contributed by atoms with E-state index in [9.17, 15) is 9.59 Å². The SMILES string of the molecule is Cc1ccc(C(=O)NC2(C(Cl)Cl)N=C(N)NC2=O)cc1. The van der Waals surface area contributed by atoms with Gasteiger partial charge in [0.2, 0.25) is 5.66 Å². The van der Waals surface area contributed by atoms with Gasteiger partial charge in [-0.25, -0.2) is 4.99 Å². The highest BCUT2D eigenvalue weighted by molar-refractivity contribution is 6.47. The molecule has 1 aromatic carbocycles. The molecule has 8 heteroatoms. The molecular formula is C12H12Cl2N4O2. The van der Waals surface area contributed by atoms with E-state index in [0.717, 1.165) is 5.56 Å². The molecule has 0 saturated carbocycles. The van der Waals surface area contributed by atoms with E-state index < -0.39 is 22.3 Å². The van der Waals surface area contributed by atoms with E-state index in [2.05, 4.69) is 15.6 Å². The Bertz CT molecular complexity index is 586. The highest BCUT2D eigenvalue weighted by Gasteiger charge is 2.50. The Balaban J connectivity index is 2.28. The smallest absolute Gasteiger partial charge is 0.278 e. The second kappa shape index (κ2) is 5.30. The zero-order valence-electron chi connectivity index (χ0n) is 10.5. The molecule has 0 bridgehead atoms. The molecule has 2 rings (SSSR count). The number of alkyl halides is 2. The summed E-state index contributed by atoms with van der Waals surface area (Å²) in [4.78, 5) is 26.6. The van der Waals surface area contributed by atoms with Crippen LogP contribution in [0.5, 0.6) is 0 Å². The molecule has 1 aromatic rings. The van der Waals surface area contributed by atoms with Crippen LogP contribution in [0.15, 0.2) is 29.3 Å². The molecular weight excluding hydrogens is 303 g/mol. The summed E-state index contributed by atoms with van der Waals surface area (Å²) in [6, 6.07) is 6.78. The number of halogens is 2. The van der Waals surface area contributed by atoms with Crippen molar-refractivity contribution >= 4 is 41.0 Å². The Labute approximate surface area is 125 Å². The largest absolute Gasteiger partial charge is 0.370 e. The minimum atomic E-state index is -1.81. The molecule has 1 aliphatic heterocycles. The van der Waals surface area contributed by atoms with Crippen molar-refractivity contribution in [2.75, 3.05) is 0 Å². The van der Waals surface area contributed by atoms with E-state index in [1.807, 2.05) is 6.92 Å². The van der Waals surface area contributed by atoms with Crippen LogP contribution in [0.4, 0.5) is 0 Å². The van der Waals surface area contributed by atoms with Crippen molar-refractivity contribution in [3.8, 4) is 0 Å². The molecule has 106 valence electrons. The summed E-state index contributed by atoms with van der Waals surface area (Å²) < 4.78 is 0. The van der Waals surface area contributed by atoms with E-state index in [0.29, 0.717) is 5.56 Å². The molecule has 4 N–H and O–H groups in total. The summed E-state index contributed by atoms with van der Waals surface area (Å²) >= 11 is 11.6. The number of aryl methyl sites for hydroxylation is 1. The second-order valence-corrected chi connectivity index (χ2v) is 5.43. The van der Waals surface area contributed by atoms with Crippen LogP contribution < -0.4 is 16.4 Å². The van der Waals surface area contributed by atoms with E-state index >= 15 is 0 Å².